The average Bonchev–Trinajstić information content (AvgIpc) is 2.61. The van der Waals surface area contributed by atoms with Crippen LogP contribution in [0.3, 0.4) is 0 Å². The molecule has 1 aliphatic heterocycles. The Morgan fingerprint density at radius 3 is 2.72 bits per heavy atom. The van der Waals surface area contributed by atoms with Crippen LogP contribution in [-0.2, 0) is 11.3 Å². The maximum absolute atomic E-state index is 13.0. The lowest BCUT2D eigenvalue weighted by Gasteiger charge is -2.32. The van der Waals surface area contributed by atoms with Gasteiger partial charge in [-0.2, -0.15) is 0 Å². The van der Waals surface area contributed by atoms with Gasteiger partial charge in [-0.15, -0.1) is 0 Å². The molecule has 0 unspecified atom stereocenters. The Morgan fingerprint density at radius 1 is 1.20 bits per heavy atom. The van der Waals surface area contributed by atoms with E-state index in [1.54, 1.807) is 0 Å². The summed E-state index contributed by atoms with van der Waals surface area (Å²) in [6, 6.07) is 12.6. The molecule has 0 spiro atoms. The van der Waals surface area contributed by atoms with Gasteiger partial charge in [-0.05, 0) is 68.1 Å². The number of nitrogens with one attached hydrogen (secondary N) is 1. The van der Waals surface area contributed by atoms with Crippen LogP contribution in [0, 0.1) is 25.6 Å². The summed E-state index contributed by atoms with van der Waals surface area (Å²) in [4.78, 5) is 15.0. The molecule has 0 radical (unpaired) electrons. The minimum absolute atomic E-state index is 0.00545. The summed E-state index contributed by atoms with van der Waals surface area (Å²) >= 11 is 0. The number of rotatable bonds is 4. The lowest BCUT2D eigenvalue weighted by molar-refractivity contribution is -0.121. The van der Waals surface area contributed by atoms with Crippen LogP contribution in [0.25, 0.3) is 0 Å². The van der Waals surface area contributed by atoms with E-state index >= 15 is 0 Å². The van der Waals surface area contributed by atoms with E-state index in [4.69, 9.17) is 0 Å². The molecule has 3 rings (SSSR count). The highest BCUT2D eigenvalue weighted by molar-refractivity contribution is 5.93. The summed E-state index contributed by atoms with van der Waals surface area (Å²) in [6.45, 7) is 6.56. The molecule has 3 nitrogen and oxygen atoms in total. The Hall–Kier alpha value is -2.20. The number of carbonyl (C=O) groups is 1. The monoisotopic (exact) mass is 340 g/mol. The molecule has 1 N–H and O–H groups in total. The molecule has 1 aliphatic rings. The zero-order chi connectivity index (χ0) is 17.8. The zero-order valence-corrected chi connectivity index (χ0v) is 14.9. The van der Waals surface area contributed by atoms with Crippen molar-refractivity contribution in [1.29, 1.82) is 0 Å². The third kappa shape index (κ3) is 4.45. The minimum Gasteiger partial charge on any atom is -0.326 e. The molecule has 25 heavy (non-hydrogen) atoms. The van der Waals surface area contributed by atoms with Gasteiger partial charge in [-0.1, -0.05) is 24.3 Å². The predicted octanol–water partition coefficient (Wildman–Crippen LogP) is 4.29. The summed E-state index contributed by atoms with van der Waals surface area (Å²) in [6.07, 6.45) is 1.92. The van der Waals surface area contributed by atoms with Gasteiger partial charge in [-0.25, -0.2) is 4.39 Å². The predicted molar refractivity (Wildman–Crippen MR) is 98.9 cm³/mol. The quantitative estimate of drug-likeness (QED) is 0.900. The molecule has 1 fully saturated rings. The first kappa shape index (κ1) is 17.6. The number of halogens is 1. The first-order valence-electron chi connectivity index (χ1n) is 8.87. The summed E-state index contributed by atoms with van der Waals surface area (Å²) < 4.78 is 13.0. The SMILES string of the molecule is Cc1cccc(NC(=O)[C@@H]2CCCN(Cc3ccc(F)cc3)C2)c1C. The van der Waals surface area contributed by atoms with E-state index in [0.717, 1.165) is 49.3 Å². The van der Waals surface area contributed by atoms with Gasteiger partial charge in [0.25, 0.3) is 0 Å². The molecule has 0 aliphatic carbocycles. The molecule has 1 saturated heterocycles. The Kier molecular flexibility index (Phi) is 5.49. The van der Waals surface area contributed by atoms with Crippen LogP contribution in [0.5, 0.6) is 0 Å². The van der Waals surface area contributed by atoms with Crippen molar-refractivity contribution in [3.8, 4) is 0 Å². The van der Waals surface area contributed by atoms with Gasteiger partial charge in [0.2, 0.25) is 5.91 Å². The number of carbonyl (C=O) groups excluding carboxylic acids is 1. The van der Waals surface area contributed by atoms with Gasteiger partial charge in [0.05, 0.1) is 5.92 Å². The third-order valence-corrected chi connectivity index (χ3v) is 5.06. The largest absolute Gasteiger partial charge is 0.326 e. The number of benzene rings is 2. The number of nitrogens with zero attached hydrogens (tertiary/aromatic N) is 1. The summed E-state index contributed by atoms with van der Waals surface area (Å²) in [5.74, 6) is -0.125. The van der Waals surface area contributed by atoms with Crippen molar-refractivity contribution < 1.29 is 9.18 Å². The van der Waals surface area contributed by atoms with Crippen molar-refractivity contribution >= 4 is 11.6 Å². The van der Waals surface area contributed by atoms with Crippen LogP contribution in [0.15, 0.2) is 42.5 Å². The minimum atomic E-state index is -0.215. The topological polar surface area (TPSA) is 32.3 Å². The molecular weight excluding hydrogens is 315 g/mol. The van der Waals surface area contributed by atoms with Gasteiger partial charge in [0, 0.05) is 18.8 Å². The van der Waals surface area contributed by atoms with Gasteiger partial charge >= 0.3 is 0 Å². The Balaban J connectivity index is 1.61. The molecule has 2 aromatic carbocycles. The summed E-state index contributed by atoms with van der Waals surface area (Å²) in [5, 5.41) is 3.10. The molecule has 1 atom stereocenters. The van der Waals surface area contributed by atoms with E-state index in [0.29, 0.717) is 0 Å². The molecule has 4 heteroatoms. The van der Waals surface area contributed by atoms with Gasteiger partial charge in [-0.3, -0.25) is 9.69 Å². The first-order valence-corrected chi connectivity index (χ1v) is 8.87. The second-order valence-electron chi connectivity index (χ2n) is 6.94. The zero-order valence-electron chi connectivity index (χ0n) is 14.9. The van der Waals surface area contributed by atoms with E-state index < -0.39 is 0 Å². The van der Waals surface area contributed by atoms with Gasteiger partial charge in [0.15, 0.2) is 0 Å². The van der Waals surface area contributed by atoms with E-state index in [1.807, 2.05) is 31.2 Å². The van der Waals surface area contributed by atoms with E-state index in [1.165, 1.54) is 17.7 Å². The number of hydrogen-bond donors (Lipinski definition) is 1. The lowest BCUT2D eigenvalue weighted by Crippen LogP contribution is -2.40. The van der Waals surface area contributed by atoms with Crippen LogP contribution in [0.4, 0.5) is 10.1 Å². The second-order valence-corrected chi connectivity index (χ2v) is 6.94. The normalized spacial score (nSPS) is 18.1. The molecule has 132 valence electrons. The highest BCUT2D eigenvalue weighted by Crippen LogP contribution is 2.23. The van der Waals surface area contributed by atoms with Crippen molar-refractivity contribution in [3.63, 3.8) is 0 Å². The number of aryl methyl sites for hydroxylation is 1. The van der Waals surface area contributed by atoms with E-state index in [9.17, 15) is 9.18 Å². The fraction of sp³-hybridized carbons (Fsp3) is 0.381. The maximum Gasteiger partial charge on any atom is 0.228 e. The summed E-state index contributed by atoms with van der Waals surface area (Å²) in [7, 11) is 0. The number of anilines is 1. The van der Waals surface area contributed by atoms with Crippen molar-refractivity contribution in [2.45, 2.75) is 33.2 Å². The number of hydrogen-bond acceptors (Lipinski definition) is 2. The lowest BCUT2D eigenvalue weighted by atomic mass is 9.96. The number of piperidine rings is 1. The van der Waals surface area contributed by atoms with Crippen LogP contribution in [0.2, 0.25) is 0 Å². The van der Waals surface area contributed by atoms with Gasteiger partial charge in [0.1, 0.15) is 5.82 Å². The Morgan fingerprint density at radius 2 is 1.96 bits per heavy atom. The number of amides is 1. The van der Waals surface area contributed by atoms with Crippen molar-refractivity contribution in [1.82, 2.24) is 4.90 Å². The molecule has 0 aromatic heterocycles. The standard InChI is InChI=1S/C21H25FN2O/c1-15-5-3-7-20(16(15)2)23-21(25)18-6-4-12-24(14-18)13-17-8-10-19(22)11-9-17/h3,5,7-11,18H,4,6,12-14H2,1-2H3,(H,23,25)/t18-/m1/s1. The molecule has 0 bridgehead atoms. The Bertz CT molecular complexity index is 742. The fourth-order valence-corrected chi connectivity index (χ4v) is 3.38. The molecular formula is C21H25FN2O. The molecule has 0 saturated carbocycles. The van der Waals surface area contributed by atoms with Crippen LogP contribution in [-0.4, -0.2) is 23.9 Å². The van der Waals surface area contributed by atoms with Crippen molar-refractivity contribution in [3.05, 3.63) is 65.0 Å². The fourth-order valence-electron chi connectivity index (χ4n) is 3.38. The average molecular weight is 340 g/mol. The highest BCUT2D eigenvalue weighted by Gasteiger charge is 2.26. The van der Waals surface area contributed by atoms with Crippen molar-refractivity contribution in [2.75, 3.05) is 18.4 Å². The smallest absolute Gasteiger partial charge is 0.228 e. The van der Waals surface area contributed by atoms with Crippen molar-refractivity contribution in [2.24, 2.45) is 5.92 Å². The highest BCUT2D eigenvalue weighted by atomic mass is 19.1. The third-order valence-electron chi connectivity index (χ3n) is 5.06. The van der Waals surface area contributed by atoms with Crippen LogP contribution in [0.1, 0.15) is 29.5 Å². The number of likely N-dealkylation sites (tertiary alicyclic amines) is 1. The second kappa shape index (κ2) is 7.79. The summed E-state index contributed by atoms with van der Waals surface area (Å²) in [5.41, 5.74) is 4.28. The molecule has 2 aromatic rings. The first-order chi connectivity index (χ1) is 12.0. The van der Waals surface area contributed by atoms with Crippen LogP contribution < -0.4 is 5.32 Å². The molecule has 1 heterocycles. The Labute approximate surface area is 148 Å². The van der Waals surface area contributed by atoms with E-state index in [-0.39, 0.29) is 17.6 Å². The maximum atomic E-state index is 13.0. The van der Waals surface area contributed by atoms with Gasteiger partial charge < -0.3 is 5.32 Å². The van der Waals surface area contributed by atoms with Crippen LogP contribution >= 0.6 is 0 Å². The van der Waals surface area contributed by atoms with E-state index in [2.05, 4.69) is 23.2 Å². The molecule has 1 amide bonds.